The molecule has 28 heavy (non-hydrogen) atoms. The Hall–Kier alpha value is -2.32. The Morgan fingerprint density at radius 3 is 2.71 bits per heavy atom. The third-order valence-corrected chi connectivity index (χ3v) is 5.28. The van der Waals surface area contributed by atoms with Crippen molar-refractivity contribution >= 4 is 46.1 Å². The summed E-state index contributed by atoms with van der Waals surface area (Å²) >= 11 is 7.27. The summed E-state index contributed by atoms with van der Waals surface area (Å²) in [4.78, 5) is 30.1. The Bertz CT molecular complexity index is 1080. The number of halogens is 1. The summed E-state index contributed by atoms with van der Waals surface area (Å²) in [7, 11) is 0. The van der Waals surface area contributed by atoms with E-state index in [0.29, 0.717) is 33.3 Å². The number of thioether (sulfide) groups is 1. The Morgan fingerprint density at radius 2 is 2.07 bits per heavy atom. The molecule has 1 N–H and O–H groups in total. The molecule has 0 saturated carbocycles. The number of amides is 1. The van der Waals surface area contributed by atoms with Crippen LogP contribution in [-0.4, -0.2) is 25.9 Å². The van der Waals surface area contributed by atoms with Gasteiger partial charge in [0.15, 0.2) is 5.16 Å². The van der Waals surface area contributed by atoms with Crippen molar-refractivity contribution in [3.63, 3.8) is 0 Å². The fraction of sp³-hybridized carbons (Fsp3) is 0.368. The molecule has 3 rings (SSSR count). The maximum Gasteiger partial charge on any atom is 0.262 e. The Morgan fingerprint density at radius 1 is 1.32 bits per heavy atom. The molecular weight excluding hydrogens is 400 g/mol. The zero-order chi connectivity index (χ0) is 20.4. The van der Waals surface area contributed by atoms with Gasteiger partial charge in [0.2, 0.25) is 11.8 Å². The first-order valence-electron chi connectivity index (χ1n) is 8.85. The first-order valence-corrected chi connectivity index (χ1v) is 10.1. The van der Waals surface area contributed by atoms with Crippen molar-refractivity contribution in [3.05, 3.63) is 45.3 Å². The Balaban J connectivity index is 1.93. The number of rotatable bonds is 6. The van der Waals surface area contributed by atoms with Gasteiger partial charge in [-0.25, -0.2) is 4.98 Å². The highest BCUT2D eigenvalue weighted by Gasteiger charge is 2.21. The summed E-state index contributed by atoms with van der Waals surface area (Å²) in [6.07, 6.45) is 0. The van der Waals surface area contributed by atoms with E-state index in [-0.39, 0.29) is 23.3 Å². The highest BCUT2D eigenvalue weighted by atomic mass is 35.5. The molecule has 148 valence electrons. The number of nitrogens with zero attached hydrogens (tertiary/aromatic N) is 3. The maximum absolute atomic E-state index is 13.0. The van der Waals surface area contributed by atoms with Crippen molar-refractivity contribution in [1.29, 1.82) is 0 Å². The first-order chi connectivity index (χ1) is 13.2. The van der Waals surface area contributed by atoms with Crippen LogP contribution >= 0.6 is 23.4 Å². The maximum atomic E-state index is 13.0. The smallest absolute Gasteiger partial charge is 0.262 e. The van der Waals surface area contributed by atoms with E-state index in [1.807, 2.05) is 13.8 Å². The predicted molar refractivity (Wildman–Crippen MR) is 111 cm³/mol. The molecule has 0 aliphatic rings. The fourth-order valence-corrected chi connectivity index (χ4v) is 3.74. The number of hydrogen-bond acceptors (Lipinski definition) is 6. The first kappa shape index (κ1) is 20.4. The average Bonchev–Trinajstić information content (AvgIpc) is 3.03. The molecule has 7 nitrogen and oxygen atoms in total. The van der Waals surface area contributed by atoms with Gasteiger partial charge in [-0.3, -0.25) is 19.5 Å². The Kier molecular flexibility index (Phi) is 6.10. The van der Waals surface area contributed by atoms with Crippen LogP contribution in [0.4, 0.5) is 5.88 Å². The quantitative estimate of drug-likeness (QED) is 0.476. The van der Waals surface area contributed by atoms with Gasteiger partial charge in [0, 0.05) is 17.6 Å². The van der Waals surface area contributed by atoms with Gasteiger partial charge in [0.05, 0.1) is 21.8 Å². The Labute approximate surface area is 171 Å². The monoisotopic (exact) mass is 420 g/mol. The molecule has 0 fully saturated rings. The molecule has 2 heterocycles. The van der Waals surface area contributed by atoms with E-state index >= 15 is 0 Å². The van der Waals surface area contributed by atoms with Crippen LogP contribution in [0.2, 0.25) is 5.02 Å². The van der Waals surface area contributed by atoms with Crippen LogP contribution in [0.15, 0.2) is 38.7 Å². The highest BCUT2D eigenvalue weighted by Crippen LogP contribution is 2.25. The van der Waals surface area contributed by atoms with E-state index in [1.165, 1.54) is 11.8 Å². The minimum atomic E-state index is -0.500. The van der Waals surface area contributed by atoms with Gasteiger partial charge in [-0.05, 0) is 38.0 Å². The molecule has 1 amide bonds. The molecule has 0 saturated heterocycles. The molecule has 0 spiro atoms. The number of benzene rings is 1. The molecule has 1 unspecified atom stereocenters. The lowest BCUT2D eigenvalue weighted by atomic mass is 10.2. The van der Waals surface area contributed by atoms with Crippen LogP contribution in [0.3, 0.4) is 0 Å². The number of nitrogens with one attached hydrogen (secondary N) is 1. The molecule has 0 aliphatic heterocycles. The molecule has 0 bridgehead atoms. The van der Waals surface area contributed by atoms with E-state index in [2.05, 4.69) is 15.5 Å². The molecular formula is C19H21ClN4O3S. The summed E-state index contributed by atoms with van der Waals surface area (Å²) in [6, 6.07) is 6.67. The van der Waals surface area contributed by atoms with Crippen molar-refractivity contribution in [2.45, 2.75) is 44.6 Å². The van der Waals surface area contributed by atoms with Crippen molar-refractivity contribution in [2.75, 3.05) is 5.32 Å². The van der Waals surface area contributed by atoms with Crippen molar-refractivity contribution in [3.8, 4) is 0 Å². The van der Waals surface area contributed by atoms with Gasteiger partial charge >= 0.3 is 0 Å². The number of hydrogen-bond donors (Lipinski definition) is 1. The minimum Gasteiger partial charge on any atom is -0.338 e. The van der Waals surface area contributed by atoms with Gasteiger partial charge in [0.25, 0.3) is 5.56 Å². The average molecular weight is 421 g/mol. The van der Waals surface area contributed by atoms with Crippen LogP contribution in [-0.2, 0) is 11.3 Å². The van der Waals surface area contributed by atoms with Crippen molar-refractivity contribution in [1.82, 2.24) is 14.7 Å². The van der Waals surface area contributed by atoms with E-state index in [9.17, 15) is 9.59 Å². The molecule has 3 aromatic rings. The van der Waals surface area contributed by atoms with Gasteiger partial charge in [-0.1, -0.05) is 42.4 Å². The third-order valence-electron chi connectivity index (χ3n) is 3.95. The fourth-order valence-electron chi connectivity index (χ4n) is 2.65. The highest BCUT2D eigenvalue weighted by molar-refractivity contribution is 8.00. The summed E-state index contributed by atoms with van der Waals surface area (Å²) in [5.41, 5.74) is 1.06. The number of fused-ring (bicyclic) bond motifs is 1. The van der Waals surface area contributed by atoms with Gasteiger partial charge in [-0.2, -0.15) is 0 Å². The lowest BCUT2D eigenvalue weighted by Crippen LogP contribution is -2.28. The van der Waals surface area contributed by atoms with E-state index in [0.717, 1.165) is 0 Å². The standard InChI is InChI=1S/C19H21ClN4O3S/c1-10(2)9-24-18(26)14-8-13(20)5-6-15(14)21-19(24)28-12(4)17(25)22-16-7-11(3)23-27-16/h5-8,10,12H,9H2,1-4H3,(H,22,25). The minimum absolute atomic E-state index is 0.165. The van der Waals surface area contributed by atoms with Gasteiger partial charge in [-0.15, -0.1) is 0 Å². The van der Waals surface area contributed by atoms with Gasteiger partial charge < -0.3 is 4.52 Å². The molecule has 0 radical (unpaired) electrons. The van der Waals surface area contributed by atoms with E-state index in [4.69, 9.17) is 16.1 Å². The van der Waals surface area contributed by atoms with Crippen LogP contribution < -0.4 is 10.9 Å². The third kappa shape index (κ3) is 4.56. The number of aromatic nitrogens is 3. The lowest BCUT2D eigenvalue weighted by molar-refractivity contribution is -0.115. The summed E-state index contributed by atoms with van der Waals surface area (Å²) < 4.78 is 6.63. The summed E-state index contributed by atoms with van der Waals surface area (Å²) in [6.45, 7) is 8.05. The van der Waals surface area contributed by atoms with Crippen LogP contribution in [0, 0.1) is 12.8 Å². The lowest BCUT2D eigenvalue weighted by Gasteiger charge is -2.17. The number of carbonyl (C=O) groups excluding carboxylic acids is 1. The zero-order valence-electron chi connectivity index (χ0n) is 16.0. The molecule has 9 heteroatoms. The number of aryl methyl sites for hydroxylation is 1. The molecule has 1 atom stereocenters. The second-order valence-electron chi connectivity index (χ2n) is 6.95. The van der Waals surface area contributed by atoms with Crippen molar-refractivity contribution in [2.24, 2.45) is 5.92 Å². The summed E-state index contributed by atoms with van der Waals surface area (Å²) in [5.74, 6) is 0.259. The second-order valence-corrected chi connectivity index (χ2v) is 8.69. The van der Waals surface area contributed by atoms with Crippen LogP contribution in [0.5, 0.6) is 0 Å². The molecule has 2 aromatic heterocycles. The van der Waals surface area contributed by atoms with E-state index < -0.39 is 5.25 Å². The topological polar surface area (TPSA) is 90.0 Å². The number of carbonyl (C=O) groups is 1. The predicted octanol–water partition coefficient (Wildman–Crippen LogP) is 4.12. The number of anilines is 1. The molecule has 1 aromatic carbocycles. The second kappa shape index (κ2) is 8.36. The van der Waals surface area contributed by atoms with Crippen molar-refractivity contribution < 1.29 is 9.32 Å². The van der Waals surface area contributed by atoms with Crippen LogP contribution in [0.25, 0.3) is 10.9 Å². The normalized spacial score (nSPS) is 12.5. The zero-order valence-corrected chi connectivity index (χ0v) is 17.6. The van der Waals surface area contributed by atoms with Crippen LogP contribution in [0.1, 0.15) is 26.5 Å². The van der Waals surface area contributed by atoms with E-state index in [1.54, 1.807) is 42.7 Å². The SMILES string of the molecule is Cc1cc(NC(=O)C(C)Sc2nc3ccc(Cl)cc3c(=O)n2CC(C)C)on1. The van der Waals surface area contributed by atoms with Gasteiger partial charge in [0.1, 0.15) is 0 Å². The summed E-state index contributed by atoms with van der Waals surface area (Å²) in [5, 5.41) is 7.37. The largest absolute Gasteiger partial charge is 0.338 e. The molecule has 0 aliphatic carbocycles.